The van der Waals surface area contributed by atoms with E-state index in [4.69, 9.17) is 11.6 Å². The summed E-state index contributed by atoms with van der Waals surface area (Å²) in [4.78, 5) is 12.4. The third-order valence-electron chi connectivity index (χ3n) is 4.61. The van der Waals surface area contributed by atoms with Crippen molar-refractivity contribution in [2.45, 2.75) is 51.1 Å². The van der Waals surface area contributed by atoms with Gasteiger partial charge in [-0.25, -0.2) is 4.68 Å². The molecular weight excluding hydrogens is 288 g/mol. The summed E-state index contributed by atoms with van der Waals surface area (Å²) in [5, 5.41) is 11.3. The van der Waals surface area contributed by atoms with Crippen LogP contribution in [0.25, 0.3) is 0 Å². The van der Waals surface area contributed by atoms with Crippen LogP contribution in [0.2, 0.25) is 5.02 Å². The van der Waals surface area contributed by atoms with Gasteiger partial charge < -0.3 is 10.6 Å². The second kappa shape index (κ2) is 6.79. The zero-order valence-corrected chi connectivity index (χ0v) is 13.0. The maximum absolute atomic E-state index is 12.4. The first-order chi connectivity index (χ1) is 10.2. The lowest BCUT2D eigenvalue weighted by atomic mass is 9.85. The van der Waals surface area contributed by atoms with E-state index in [1.165, 1.54) is 32.1 Å². The summed E-state index contributed by atoms with van der Waals surface area (Å²) in [7, 11) is 0. The highest BCUT2D eigenvalue weighted by Gasteiger charge is 2.20. The molecular formula is C15H23ClN4O. The first kappa shape index (κ1) is 14.9. The molecule has 1 aliphatic heterocycles. The monoisotopic (exact) mass is 310 g/mol. The fourth-order valence-electron chi connectivity index (χ4n) is 3.05. The molecule has 0 aromatic carbocycles. The molecule has 2 fully saturated rings. The fourth-order valence-corrected chi connectivity index (χ4v) is 3.24. The first-order valence-electron chi connectivity index (χ1n) is 7.97. The molecule has 1 aromatic heterocycles. The van der Waals surface area contributed by atoms with Gasteiger partial charge in [-0.05, 0) is 44.6 Å². The normalized spacial score (nSPS) is 22.2. The summed E-state index contributed by atoms with van der Waals surface area (Å²) in [6, 6.07) is 0.565. The van der Waals surface area contributed by atoms with Crippen LogP contribution in [0.1, 0.15) is 38.5 Å². The first-order valence-corrected chi connectivity index (χ1v) is 8.34. The van der Waals surface area contributed by atoms with E-state index in [0.717, 1.165) is 26.1 Å². The number of aromatic nitrogens is 2. The van der Waals surface area contributed by atoms with Gasteiger partial charge in [0.15, 0.2) is 0 Å². The molecule has 2 aliphatic rings. The van der Waals surface area contributed by atoms with E-state index in [-0.39, 0.29) is 5.56 Å². The van der Waals surface area contributed by atoms with Gasteiger partial charge in [0, 0.05) is 19.1 Å². The van der Waals surface area contributed by atoms with Crippen molar-refractivity contribution in [3.05, 3.63) is 21.6 Å². The molecule has 0 radical (unpaired) electrons. The van der Waals surface area contributed by atoms with Gasteiger partial charge in [0.1, 0.15) is 5.69 Å². The lowest BCUT2D eigenvalue weighted by Crippen LogP contribution is -2.31. The minimum absolute atomic E-state index is 0.0891. The topological polar surface area (TPSA) is 59.0 Å². The number of nitrogens with zero attached hydrogens (tertiary/aromatic N) is 2. The Balaban J connectivity index is 1.62. The largest absolute Gasteiger partial charge is 0.379 e. The van der Waals surface area contributed by atoms with Crippen molar-refractivity contribution >= 4 is 17.3 Å². The minimum Gasteiger partial charge on any atom is -0.379 e. The minimum atomic E-state index is -0.0891. The van der Waals surface area contributed by atoms with E-state index in [0.29, 0.717) is 22.7 Å². The Hall–Kier alpha value is -1.07. The Morgan fingerprint density at radius 2 is 2.24 bits per heavy atom. The van der Waals surface area contributed by atoms with Crippen LogP contribution in [-0.4, -0.2) is 28.9 Å². The van der Waals surface area contributed by atoms with Gasteiger partial charge in [0.2, 0.25) is 0 Å². The molecule has 116 valence electrons. The maximum atomic E-state index is 12.4. The van der Waals surface area contributed by atoms with Gasteiger partial charge in [0.05, 0.1) is 11.2 Å². The zero-order valence-electron chi connectivity index (χ0n) is 12.3. The van der Waals surface area contributed by atoms with Crippen molar-refractivity contribution in [1.82, 2.24) is 15.1 Å². The van der Waals surface area contributed by atoms with E-state index < -0.39 is 0 Å². The van der Waals surface area contributed by atoms with Crippen molar-refractivity contribution in [2.75, 3.05) is 18.4 Å². The molecule has 3 rings (SSSR count). The summed E-state index contributed by atoms with van der Waals surface area (Å²) in [5.74, 6) is 0.604. The van der Waals surface area contributed by atoms with Gasteiger partial charge in [-0.2, -0.15) is 5.10 Å². The summed E-state index contributed by atoms with van der Waals surface area (Å²) < 4.78 is 1.56. The number of hydrogen-bond acceptors (Lipinski definition) is 4. The number of halogens is 1. The van der Waals surface area contributed by atoms with Gasteiger partial charge in [-0.15, -0.1) is 0 Å². The van der Waals surface area contributed by atoms with E-state index in [1.54, 1.807) is 10.9 Å². The standard InChI is InChI=1S/C15H23ClN4O/c16-13-9-19-20(10-11-3-1-4-11)15(21)14(13)18-8-6-12-5-2-7-17-12/h9,11-12,17-18H,1-8,10H2/t12-/m1/s1. The average molecular weight is 311 g/mol. The Bertz CT molecular complexity index is 535. The van der Waals surface area contributed by atoms with Gasteiger partial charge in [-0.1, -0.05) is 18.0 Å². The average Bonchev–Trinajstić information content (AvgIpc) is 2.93. The molecule has 0 bridgehead atoms. The smallest absolute Gasteiger partial charge is 0.291 e. The van der Waals surface area contributed by atoms with E-state index >= 15 is 0 Å². The van der Waals surface area contributed by atoms with Crippen LogP contribution in [0.15, 0.2) is 11.0 Å². The second-order valence-corrected chi connectivity index (χ2v) is 6.57. The van der Waals surface area contributed by atoms with E-state index in [2.05, 4.69) is 15.7 Å². The molecule has 0 spiro atoms. The lowest BCUT2D eigenvalue weighted by Gasteiger charge is -2.25. The van der Waals surface area contributed by atoms with Gasteiger partial charge >= 0.3 is 0 Å². The van der Waals surface area contributed by atoms with Crippen LogP contribution < -0.4 is 16.2 Å². The van der Waals surface area contributed by atoms with Crippen LogP contribution in [0.4, 0.5) is 5.69 Å². The Kier molecular flexibility index (Phi) is 4.80. The van der Waals surface area contributed by atoms with Crippen molar-refractivity contribution < 1.29 is 0 Å². The predicted octanol–water partition coefficient (Wildman–Crippen LogP) is 2.25. The molecule has 2 heterocycles. The molecule has 1 saturated carbocycles. The molecule has 5 nitrogen and oxygen atoms in total. The van der Waals surface area contributed by atoms with Gasteiger partial charge in [0.25, 0.3) is 5.56 Å². The quantitative estimate of drug-likeness (QED) is 0.846. The van der Waals surface area contributed by atoms with Crippen molar-refractivity contribution in [2.24, 2.45) is 5.92 Å². The van der Waals surface area contributed by atoms with Gasteiger partial charge in [-0.3, -0.25) is 4.79 Å². The van der Waals surface area contributed by atoms with Crippen LogP contribution in [0, 0.1) is 5.92 Å². The highest BCUT2D eigenvalue weighted by atomic mass is 35.5. The molecule has 6 heteroatoms. The van der Waals surface area contributed by atoms with Crippen molar-refractivity contribution in [1.29, 1.82) is 0 Å². The Morgan fingerprint density at radius 1 is 1.38 bits per heavy atom. The van der Waals surface area contributed by atoms with Crippen molar-refractivity contribution in [3.63, 3.8) is 0 Å². The third-order valence-corrected chi connectivity index (χ3v) is 4.90. The highest BCUT2D eigenvalue weighted by Crippen LogP contribution is 2.27. The molecule has 1 saturated heterocycles. The number of hydrogen-bond donors (Lipinski definition) is 2. The van der Waals surface area contributed by atoms with Crippen molar-refractivity contribution in [3.8, 4) is 0 Å². The Labute approximate surface area is 130 Å². The number of rotatable bonds is 6. The molecule has 1 aromatic rings. The Morgan fingerprint density at radius 3 is 2.90 bits per heavy atom. The van der Waals surface area contributed by atoms with E-state index in [1.807, 2.05) is 0 Å². The zero-order chi connectivity index (χ0) is 14.7. The molecule has 1 atom stereocenters. The summed E-state index contributed by atoms with van der Waals surface area (Å²) in [5.41, 5.74) is 0.415. The van der Waals surface area contributed by atoms with E-state index in [9.17, 15) is 4.79 Å². The SMILES string of the molecule is O=c1c(NCC[C@H]2CCCN2)c(Cl)cnn1CC1CCC1. The molecule has 0 amide bonds. The predicted molar refractivity (Wildman–Crippen MR) is 85.0 cm³/mol. The summed E-state index contributed by atoms with van der Waals surface area (Å²) >= 11 is 6.13. The number of anilines is 1. The molecule has 2 N–H and O–H groups in total. The maximum Gasteiger partial charge on any atom is 0.291 e. The van der Waals surface area contributed by atoms with Crippen LogP contribution in [0.5, 0.6) is 0 Å². The highest BCUT2D eigenvalue weighted by molar-refractivity contribution is 6.32. The van der Waals surface area contributed by atoms with Crippen LogP contribution in [0.3, 0.4) is 0 Å². The molecule has 1 aliphatic carbocycles. The number of nitrogens with one attached hydrogen (secondary N) is 2. The van der Waals surface area contributed by atoms with Crippen LogP contribution >= 0.6 is 11.6 Å². The summed E-state index contributed by atoms with van der Waals surface area (Å²) in [6.07, 6.45) is 8.73. The fraction of sp³-hybridized carbons (Fsp3) is 0.733. The molecule has 0 unspecified atom stereocenters. The lowest BCUT2D eigenvalue weighted by molar-refractivity contribution is 0.262. The van der Waals surface area contributed by atoms with Crippen LogP contribution in [-0.2, 0) is 6.54 Å². The second-order valence-electron chi connectivity index (χ2n) is 6.16. The third kappa shape index (κ3) is 3.58. The molecule has 21 heavy (non-hydrogen) atoms. The summed E-state index contributed by atoms with van der Waals surface area (Å²) in [6.45, 7) is 2.59.